The maximum absolute atomic E-state index is 7.01. The SMILES string of the molecule is CC(C)(C)c1cc(C(C)(C)C)c2oc3cccc(N(c4ccc(C5(c6ccccc6)c6ccccc6-c6ccccc65)cc4)c4cccc5c4C(C)(C)c4ccccc4-5)c3c2c1. The highest BCUT2D eigenvalue weighted by molar-refractivity contribution is 6.15. The average molecular weight is 804 g/mol. The molecule has 62 heavy (non-hydrogen) atoms. The van der Waals surface area contributed by atoms with Crippen LogP contribution in [0.3, 0.4) is 0 Å². The zero-order valence-electron chi connectivity index (χ0n) is 37.1. The number of benzene rings is 8. The van der Waals surface area contributed by atoms with Crippen molar-refractivity contribution in [2.45, 2.75) is 77.0 Å². The molecule has 0 amide bonds. The van der Waals surface area contributed by atoms with E-state index in [0.29, 0.717) is 0 Å². The summed E-state index contributed by atoms with van der Waals surface area (Å²) in [5.41, 5.74) is 19.9. The van der Waals surface area contributed by atoms with E-state index < -0.39 is 5.41 Å². The lowest BCUT2D eigenvalue weighted by molar-refractivity contribution is 0.559. The van der Waals surface area contributed by atoms with Crippen LogP contribution in [0.5, 0.6) is 0 Å². The molecule has 0 atom stereocenters. The molecule has 8 aromatic carbocycles. The van der Waals surface area contributed by atoms with Crippen molar-refractivity contribution in [2.24, 2.45) is 0 Å². The number of hydrogen-bond acceptors (Lipinski definition) is 2. The van der Waals surface area contributed by atoms with Crippen molar-refractivity contribution >= 4 is 39.0 Å². The van der Waals surface area contributed by atoms with Gasteiger partial charge in [0, 0.05) is 22.1 Å². The molecular weight excluding hydrogens is 751 g/mol. The second-order valence-corrected chi connectivity index (χ2v) is 20.1. The Bertz CT molecular complexity index is 3180. The maximum Gasteiger partial charge on any atom is 0.139 e. The molecule has 11 rings (SSSR count). The fourth-order valence-corrected chi connectivity index (χ4v) is 11.1. The average Bonchev–Trinajstić information content (AvgIpc) is 3.88. The van der Waals surface area contributed by atoms with Gasteiger partial charge < -0.3 is 9.32 Å². The molecule has 9 aromatic rings. The number of anilines is 3. The Morgan fingerprint density at radius 1 is 0.468 bits per heavy atom. The molecule has 0 saturated carbocycles. The van der Waals surface area contributed by atoms with Crippen LogP contribution in [0.15, 0.2) is 180 Å². The Labute approximate surface area is 366 Å². The Morgan fingerprint density at radius 2 is 1.00 bits per heavy atom. The van der Waals surface area contributed by atoms with E-state index in [2.05, 4.69) is 236 Å². The first-order valence-corrected chi connectivity index (χ1v) is 22.2. The van der Waals surface area contributed by atoms with Gasteiger partial charge in [-0.15, -0.1) is 0 Å². The molecule has 0 N–H and O–H groups in total. The van der Waals surface area contributed by atoms with Crippen molar-refractivity contribution in [3.8, 4) is 22.3 Å². The van der Waals surface area contributed by atoms with Crippen molar-refractivity contribution in [1.29, 1.82) is 0 Å². The summed E-state index contributed by atoms with van der Waals surface area (Å²) < 4.78 is 7.01. The van der Waals surface area contributed by atoms with Crippen LogP contribution in [0, 0.1) is 0 Å². The lowest BCUT2D eigenvalue weighted by Gasteiger charge is -2.35. The number of rotatable bonds is 5. The predicted octanol–water partition coefficient (Wildman–Crippen LogP) is 16.3. The van der Waals surface area contributed by atoms with Gasteiger partial charge in [0.25, 0.3) is 0 Å². The summed E-state index contributed by atoms with van der Waals surface area (Å²) >= 11 is 0. The number of fused-ring (bicyclic) bond motifs is 9. The van der Waals surface area contributed by atoms with E-state index in [-0.39, 0.29) is 16.2 Å². The van der Waals surface area contributed by atoms with Crippen molar-refractivity contribution in [2.75, 3.05) is 4.90 Å². The lowest BCUT2D eigenvalue weighted by atomic mass is 9.67. The molecule has 2 nitrogen and oxygen atoms in total. The van der Waals surface area contributed by atoms with Gasteiger partial charge in [-0.3, -0.25) is 0 Å². The Morgan fingerprint density at radius 3 is 1.63 bits per heavy atom. The Balaban J connectivity index is 1.20. The Hall–Kier alpha value is -6.64. The monoisotopic (exact) mass is 803 g/mol. The normalized spacial score (nSPS) is 14.7. The van der Waals surface area contributed by atoms with Crippen LogP contribution < -0.4 is 4.90 Å². The van der Waals surface area contributed by atoms with Gasteiger partial charge in [-0.1, -0.05) is 195 Å². The van der Waals surface area contributed by atoms with Crippen LogP contribution in [-0.2, 0) is 21.7 Å². The quantitative estimate of drug-likeness (QED) is 0.172. The van der Waals surface area contributed by atoms with Gasteiger partial charge in [-0.25, -0.2) is 0 Å². The number of hydrogen-bond donors (Lipinski definition) is 0. The highest BCUT2D eigenvalue weighted by atomic mass is 16.3. The summed E-state index contributed by atoms with van der Waals surface area (Å²) in [5.74, 6) is 0. The summed E-state index contributed by atoms with van der Waals surface area (Å²) in [6.45, 7) is 18.6. The standard InChI is InChI=1S/C60H53NO/c1-57(2,3)40-36-46-54-51(29-19-31-53(54)62-56(46)50(37-40)58(4,5)6)61(52-30-18-25-45-44-24-12-15-26-47(44)59(7,8)55(45)52)41-34-32-39(33-35-41)60(38-20-10-9-11-21-38)48-27-16-13-22-42(48)43-23-14-17-28-49(43)60/h9-37H,1-8H3. The van der Waals surface area contributed by atoms with Crippen LogP contribution in [0.1, 0.15) is 99.9 Å². The molecule has 304 valence electrons. The zero-order chi connectivity index (χ0) is 42.8. The molecule has 0 fully saturated rings. The van der Waals surface area contributed by atoms with Crippen molar-refractivity contribution in [1.82, 2.24) is 0 Å². The molecule has 0 unspecified atom stereocenters. The van der Waals surface area contributed by atoms with Crippen LogP contribution in [0.4, 0.5) is 17.1 Å². The Kier molecular flexibility index (Phi) is 8.29. The van der Waals surface area contributed by atoms with Crippen LogP contribution >= 0.6 is 0 Å². The zero-order valence-corrected chi connectivity index (χ0v) is 37.1. The third-order valence-electron chi connectivity index (χ3n) is 14.0. The van der Waals surface area contributed by atoms with E-state index in [1.807, 2.05) is 0 Å². The molecule has 2 heteroatoms. The molecule has 1 aromatic heterocycles. The smallest absolute Gasteiger partial charge is 0.139 e. The highest BCUT2D eigenvalue weighted by Crippen LogP contribution is 2.58. The van der Waals surface area contributed by atoms with Gasteiger partial charge in [0.1, 0.15) is 11.2 Å². The molecule has 0 saturated heterocycles. The number of nitrogens with zero attached hydrogens (tertiary/aromatic N) is 1. The summed E-state index contributed by atoms with van der Waals surface area (Å²) in [6.07, 6.45) is 0. The first-order valence-electron chi connectivity index (χ1n) is 22.2. The third-order valence-corrected chi connectivity index (χ3v) is 14.0. The summed E-state index contributed by atoms with van der Waals surface area (Å²) in [5, 5.41) is 2.29. The van der Waals surface area contributed by atoms with E-state index in [9.17, 15) is 0 Å². The minimum atomic E-state index is -0.483. The van der Waals surface area contributed by atoms with Crippen LogP contribution in [0.25, 0.3) is 44.2 Å². The van der Waals surface area contributed by atoms with E-state index in [4.69, 9.17) is 4.42 Å². The van der Waals surface area contributed by atoms with E-state index in [0.717, 1.165) is 33.3 Å². The molecule has 1 heterocycles. The summed E-state index contributed by atoms with van der Waals surface area (Å²) in [6, 6.07) is 65.8. The van der Waals surface area contributed by atoms with Gasteiger partial charge >= 0.3 is 0 Å². The minimum Gasteiger partial charge on any atom is -0.456 e. The van der Waals surface area contributed by atoms with Crippen LogP contribution in [0.2, 0.25) is 0 Å². The van der Waals surface area contributed by atoms with Gasteiger partial charge in [0.15, 0.2) is 0 Å². The third kappa shape index (κ3) is 5.42. The second-order valence-electron chi connectivity index (χ2n) is 20.1. The van der Waals surface area contributed by atoms with Crippen LogP contribution in [-0.4, -0.2) is 0 Å². The maximum atomic E-state index is 7.01. The first-order chi connectivity index (χ1) is 29.8. The molecule has 2 aliphatic rings. The van der Waals surface area contributed by atoms with E-state index in [1.54, 1.807) is 0 Å². The summed E-state index contributed by atoms with van der Waals surface area (Å²) in [7, 11) is 0. The lowest BCUT2D eigenvalue weighted by Crippen LogP contribution is -2.28. The summed E-state index contributed by atoms with van der Waals surface area (Å²) in [4.78, 5) is 2.53. The number of furan rings is 1. The van der Waals surface area contributed by atoms with Gasteiger partial charge in [0.2, 0.25) is 0 Å². The van der Waals surface area contributed by atoms with Gasteiger partial charge in [-0.05, 0) is 108 Å². The molecule has 0 spiro atoms. The molecular formula is C60H53NO. The molecule has 2 aliphatic carbocycles. The molecule has 0 aliphatic heterocycles. The van der Waals surface area contributed by atoms with E-state index in [1.165, 1.54) is 72.4 Å². The second kappa shape index (κ2) is 13.4. The molecule has 0 radical (unpaired) electrons. The topological polar surface area (TPSA) is 16.4 Å². The van der Waals surface area contributed by atoms with Crippen molar-refractivity contribution in [3.05, 3.63) is 220 Å². The first kappa shape index (κ1) is 38.3. The van der Waals surface area contributed by atoms with E-state index >= 15 is 0 Å². The highest BCUT2D eigenvalue weighted by Gasteiger charge is 2.46. The fraction of sp³-hybridized carbons (Fsp3) is 0.200. The largest absolute Gasteiger partial charge is 0.456 e. The molecule has 0 bridgehead atoms. The van der Waals surface area contributed by atoms with Crippen molar-refractivity contribution in [3.63, 3.8) is 0 Å². The van der Waals surface area contributed by atoms with Gasteiger partial charge in [-0.2, -0.15) is 0 Å². The fourth-order valence-electron chi connectivity index (χ4n) is 11.1. The van der Waals surface area contributed by atoms with Crippen molar-refractivity contribution < 1.29 is 4.42 Å². The predicted molar refractivity (Wildman–Crippen MR) is 261 cm³/mol. The minimum absolute atomic E-state index is 0.0511. The van der Waals surface area contributed by atoms with Gasteiger partial charge in [0.05, 0.1) is 22.2 Å².